The summed E-state index contributed by atoms with van der Waals surface area (Å²) in [5.74, 6) is -1.48. The number of hydrogen-bond acceptors (Lipinski definition) is 6. The van der Waals surface area contributed by atoms with E-state index in [-0.39, 0.29) is 23.1 Å². The molecule has 3 heterocycles. The van der Waals surface area contributed by atoms with Gasteiger partial charge in [-0.05, 0) is 48.2 Å². The number of halogens is 2. The first-order valence-electron chi connectivity index (χ1n) is 11.7. The molecule has 0 saturated carbocycles. The third-order valence-corrected chi connectivity index (χ3v) is 7.15. The van der Waals surface area contributed by atoms with Gasteiger partial charge in [0.05, 0.1) is 23.4 Å². The molecule has 0 spiro atoms. The van der Waals surface area contributed by atoms with Crippen LogP contribution in [0.15, 0.2) is 53.2 Å². The predicted molar refractivity (Wildman–Crippen MR) is 140 cm³/mol. The van der Waals surface area contributed by atoms with Crippen molar-refractivity contribution >= 4 is 28.9 Å². The Bertz CT molecular complexity index is 1460. The fourth-order valence-electron chi connectivity index (χ4n) is 4.58. The number of nitrogens with one attached hydrogen (secondary N) is 2. The molecule has 2 aromatic carbocycles. The van der Waals surface area contributed by atoms with Crippen LogP contribution in [0.3, 0.4) is 0 Å². The number of thiophene rings is 1. The van der Waals surface area contributed by atoms with Gasteiger partial charge in [0.1, 0.15) is 17.3 Å². The summed E-state index contributed by atoms with van der Waals surface area (Å²) in [6.45, 7) is 2.03. The van der Waals surface area contributed by atoms with Crippen molar-refractivity contribution in [2.45, 2.75) is 19.4 Å². The summed E-state index contributed by atoms with van der Waals surface area (Å²) in [6.07, 6.45) is 0.342. The van der Waals surface area contributed by atoms with E-state index < -0.39 is 17.7 Å². The summed E-state index contributed by atoms with van der Waals surface area (Å²) >= 11 is 1.44. The van der Waals surface area contributed by atoms with E-state index in [1.54, 1.807) is 30.4 Å². The Morgan fingerprint density at radius 3 is 2.59 bits per heavy atom. The molecule has 0 saturated heterocycles. The van der Waals surface area contributed by atoms with Crippen molar-refractivity contribution in [3.05, 3.63) is 98.0 Å². The number of hydrogen-bond donors (Lipinski definition) is 2. The molecule has 2 atom stereocenters. The summed E-state index contributed by atoms with van der Waals surface area (Å²) in [7, 11) is 3.53. The minimum atomic E-state index is -1.17. The molecule has 0 fully saturated rings. The van der Waals surface area contributed by atoms with Crippen molar-refractivity contribution < 1.29 is 18.6 Å². The number of anilines is 2. The van der Waals surface area contributed by atoms with E-state index in [2.05, 4.69) is 10.3 Å². The molecule has 5 rings (SSSR count). The van der Waals surface area contributed by atoms with Gasteiger partial charge in [-0.15, -0.1) is 0 Å². The first kappa shape index (κ1) is 24.9. The summed E-state index contributed by atoms with van der Waals surface area (Å²) in [6, 6.07) is 9.67. The number of amides is 1. The molecule has 2 aromatic heterocycles. The lowest BCUT2D eigenvalue weighted by Crippen LogP contribution is -3.09. The maximum Gasteiger partial charge on any atom is 0.256 e. The highest BCUT2D eigenvalue weighted by atomic mass is 32.1. The maximum absolute atomic E-state index is 14.9. The second-order valence-electron chi connectivity index (χ2n) is 9.16. The van der Waals surface area contributed by atoms with Crippen molar-refractivity contribution in [3.8, 4) is 11.3 Å². The van der Waals surface area contributed by atoms with E-state index in [0.717, 1.165) is 23.3 Å². The van der Waals surface area contributed by atoms with Crippen molar-refractivity contribution in [1.29, 1.82) is 0 Å². The summed E-state index contributed by atoms with van der Waals surface area (Å²) in [5, 5.41) is 19.3. The van der Waals surface area contributed by atoms with Crippen molar-refractivity contribution in [3.63, 3.8) is 0 Å². The standard InChI is InChI=1S/C27H25F2N5O2S/c1-15-7-8-17(30-26(35)16-10-12-37-14-16)13-19(15)23-18-9-11-34(36)25(22-20(28)5-4-6-21(22)29)24(18)32-27(31-23)33(2)3/h4-8,10,12-14,25,34H,9,11H2,1-3H3,(H,30,35). The molecular formula is C27H25F2N5O2S. The van der Waals surface area contributed by atoms with Gasteiger partial charge in [-0.2, -0.15) is 11.3 Å². The van der Waals surface area contributed by atoms with Gasteiger partial charge in [0.25, 0.3) is 5.91 Å². The Morgan fingerprint density at radius 2 is 1.92 bits per heavy atom. The number of benzene rings is 2. The topological polar surface area (TPSA) is 85.6 Å². The maximum atomic E-state index is 14.9. The molecule has 0 bridgehead atoms. The number of rotatable bonds is 5. The second-order valence-corrected chi connectivity index (χ2v) is 9.94. The molecule has 190 valence electrons. The second kappa shape index (κ2) is 9.97. The zero-order chi connectivity index (χ0) is 26.3. The molecule has 2 N–H and O–H groups in total. The normalized spacial score (nSPS) is 16.8. The lowest BCUT2D eigenvalue weighted by atomic mass is 9.89. The number of nitrogens with zero attached hydrogens (tertiary/aromatic N) is 3. The third-order valence-electron chi connectivity index (χ3n) is 6.47. The molecule has 4 aromatic rings. The lowest BCUT2D eigenvalue weighted by molar-refractivity contribution is -0.878. The van der Waals surface area contributed by atoms with Crippen LogP contribution in [0.1, 0.15) is 38.8 Å². The van der Waals surface area contributed by atoms with Gasteiger partial charge in [-0.3, -0.25) is 4.79 Å². The molecule has 1 amide bonds. The monoisotopic (exact) mass is 521 g/mol. The van der Waals surface area contributed by atoms with Gasteiger partial charge in [0.15, 0.2) is 6.04 Å². The molecule has 0 aliphatic carbocycles. The number of aryl methyl sites for hydroxylation is 1. The van der Waals surface area contributed by atoms with Gasteiger partial charge in [-0.1, -0.05) is 12.1 Å². The van der Waals surface area contributed by atoms with E-state index >= 15 is 0 Å². The molecule has 0 radical (unpaired) electrons. The predicted octanol–water partition coefficient (Wildman–Crippen LogP) is 4.14. The number of aromatic nitrogens is 2. The van der Waals surface area contributed by atoms with Crippen molar-refractivity contribution in [1.82, 2.24) is 9.97 Å². The van der Waals surface area contributed by atoms with E-state index in [4.69, 9.17) is 4.98 Å². The fourth-order valence-corrected chi connectivity index (χ4v) is 5.21. The van der Waals surface area contributed by atoms with Crippen LogP contribution < -0.4 is 15.3 Å². The van der Waals surface area contributed by atoms with Crippen LogP contribution in [0.25, 0.3) is 11.3 Å². The van der Waals surface area contributed by atoms with Crippen molar-refractivity contribution in [2.24, 2.45) is 0 Å². The van der Waals surface area contributed by atoms with Crippen LogP contribution in [0.5, 0.6) is 0 Å². The van der Waals surface area contributed by atoms with E-state index in [0.29, 0.717) is 40.6 Å². The lowest BCUT2D eigenvalue weighted by Gasteiger charge is -2.37. The molecule has 10 heteroatoms. The largest absolute Gasteiger partial charge is 0.634 e. The van der Waals surface area contributed by atoms with Gasteiger partial charge < -0.3 is 20.5 Å². The highest BCUT2D eigenvalue weighted by Crippen LogP contribution is 2.36. The van der Waals surface area contributed by atoms with E-state index in [9.17, 15) is 18.8 Å². The number of quaternary nitrogens is 1. The zero-order valence-electron chi connectivity index (χ0n) is 20.5. The minimum absolute atomic E-state index is 0.108. The smallest absolute Gasteiger partial charge is 0.256 e. The minimum Gasteiger partial charge on any atom is -0.634 e. The van der Waals surface area contributed by atoms with Gasteiger partial charge in [0.2, 0.25) is 5.95 Å². The van der Waals surface area contributed by atoms with Gasteiger partial charge in [-0.25, -0.2) is 18.7 Å². The summed E-state index contributed by atoms with van der Waals surface area (Å²) in [4.78, 5) is 23.7. The Balaban J connectivity index is 1.67. The first-order chi connectivity index (χ1) is 17.7. The Labute approximate surface area is 217 Å². The SMILES string of the molecule is Cc1ccc(NC(=O)c2ccsc2)cc1-c1nc(N(C)C)nc2c1CC[NH+]([O-])C2c1c(F)cccc1F. The molecule has 37 heavy (non-hydrogen) atoms. The summed E-state index contributed by atoms with van der Waals surface area (Å²) in [5.41, 5.74) is 4.04. The van der Waals surface area contributed by atoms with E-state index in [1.807, 2.05) is 30.5 Å². The van der Waals surface area contributed by atoms with Gasteiger partial charge >= 0.3 is 0 Å². The Hall–Kier alpha value is -3.73. The highest BCUT2D eigenvalue weighted by molar-refractivity contribution is 7.08. The molecule has 1 aliphatic rings. The number of hydroxylamine groups is 2. The number of carbonyl (C=O) groups is 1. The van der Waals surface area contributed by atoms with Crippen LogP contribution >= 0.6 is 11.3 Å². The number of fused-ring (bicyclic) bond motifs is 1. The van der Waals surface area contributed by atoms with Crippen LogP contribution in [0.4, 0.5) is 20.4 Å². The Kier molecular flexibility index (Phi) is 6.72. The molecular weight excluding hydrogens is 496 g/mol. The van der Waals surface area contributed by atoms with Crippen LogP contribution in [0.2, 0.25) is 0 Å². The van der Waals surface area contributed by atoms with Gasteiger partial charge in [0, 0.05) is 42.7 Å². The van der Waals surface area contributed by atoms with Crippen LogP contribution in [0, 0.1) is 23.8 Å². The summed E-state index contributed by atoms with van der Waals surface area (Å²) < 4.78 is 29.7. The van der Waals surface area contributed by atoms with Crippen LogP contribution in [-0.4, -0.2) is 36.5 Å². The third kappa shape index (κ3) is 4.71. The average molecular weight is 522 g/mol. The van der Waals surface area contributed by atoms with Crippen LogP contribution in [-0.2, 0) is 6.42 Å². The molecule has 7 nitrogen and oxygen atoms in total. The van der Waals surface area contributed by atoms with E-state index in [1.165, 1.54) is 17.4 Å². The quantitative estimate of drug-likeness (QED) is 0.386. The zero-order valence-corrected chi connectivity index (χ0v) is 21.3. The highest BCUT2D eigenvalue weighted by Gasteiger charge is 2.37. The Morgan fingerprint density at radius 1 is 1.16 bits per heavy atom. The fraction of sp³-hybridized carbons (Fsp3) is 0.222. The average Bonchev–Trinajstić information content (AvgIpc) is 3.41. The number of carbonyl (C=O) groups excluding carboxylic acids is 1. The molecule has 1 aliphatic heterocycles. The molecule has 2 unspecified atom stereocenters. The van der Waals surface area contributed by atoms with Crippen molar-refractivity contribution in [2.75, 3.05) is 30.9 Å². The first-order valence-corrected chi connectivity index (χ1v) is 12.7.